The molecule has 0 unspecified atom stereocenters. The van der Waals surface area contributed by atoms with Crippen LogP contribution in [0.4, 0.5) is 8.78 Å². The Labute approximate surface area is 151 Å². The number of aryl methyl sites for hydroxylation is 1. The van der Waals surface area contributed by atoms with Crippen LogP contribution in [0.3, 0.4) is 0 Å². The maximum atomic E-state index is 14.3. The summed E-state index contributed by atoms with van der Waals surface area (Å²) in [5.74, 6) is -0.994. The first-order valence-electron chi connectivity index (χ1n) is 8.74. The van der Waals surface area contributed by atoms with E-state index in [9.17, 15) is 8.78 Å². The summed E-state index contributed by atoms with van der Waals surface area (Å²) in [6, 6.07) is 2.64. The number of thiazole rings is 1. The van der Waals surface area contributed by atoms with E-state index in [1.807, 2.05) is 13.8 Å². The molecule has 1 aromatic heterocycles. The summed E-state index contributed by atoms with van der Waals surface area (Å²) < 4.78 is 39.6. The van der Waals surface area contributed by atoms with Gasteiger partial charge in [0, 0.05) is 6.61 Å². The molecule has 0 N–H and O–H groups in total. The summed E-state index contributed by atoms with van der Waals surface area (Å²) in [6.45, 7) is 5.28. The number of ether oxygens (including phenoxy) is 2. The summed E-state index contributed by atoms with van der Waals surface area (Å²) in [4.78, 5) is 5.22. The Morgan fingerprint density at radius 2 is 1.96 bits per heavy atom. The van der Waals surface area contributed by atoms with Crippen molar-refractivity contribution in [2.75, 3.05) is 13.2 Å². The van der Waals surface area contributed by atoms with Gasteiger partial charge in [0.05, 0.1) is 28.8 Å². The fourth-order valence-electron chi connectivity index (χ4n) is 2.55. The zero-order chi connectivity index (χ0) is 17.8. The highest BCUT2D eigenvalue weighted by molar-refractivity contribution is 7.15. The van der Waals surface area contributed by atoms with Gasteiger partial charge in [0.15, 0.2) is 17.4 Å². The van der Waals surface area contributed by atoms with Crippen LogP contribution in [0, 0.1) is 24.5 Å². The number of hydrogen-bond acceptors (Lipinski definition) is 4. The maximum Gasteiger partial charge on any atom is 0.190 e. The zero-order valence-electron chi connectivity index (χ0n) is 14.6. The van der Waals surface area contributed by atoms with Gasteiger partial charge >= 0.3 is 0 Å². The molecule has 0 saturated heterocycles. The Kier molecular flexibility index (Phi) is 6.02. The Morgan fingerprint density at radius 1 is 1.24 bits per heavy atom. The third-order valence-electron chi connectivity index (χ3n) is 4.10. The quantitative estimate of drug-likeness (QED) is 0.548. The van der Waals surface area contributed by atoms with Gasteiger partial charge in [0.2, 0.25) is 0 Å². The molecule has 1 aromatic carbocycles. The van der Waals surface area contributed by atoms with Crippen LogP contribution in [0.2, 0.25) is 0 Å². The van der Waals surface area contributed by atoms with Crippen molar-refractivity contribution >= 4 is 11.3 Å². The Balaban J connectivity index is 1.78. The van der Waals surface area contributed by atoms with Crippen LogP contribution in [0.1, 0.15) is 43.3 Å². The van der Waals surface area contributed by atoms with Gasteiger partial charge in [-0.05, 0) is 49.8 Å². The topological polar surface area (TPSA) is 31.4 Å². The molecule has 1 saturated carbocycles. The lowest BCUT2D eigenvalue weighted by Crippen LogP contribution is -2.02. The van der Waals surface area contributed by atoms with Gasteiger partial charge in [-0.1, -0.05) is 13.3 Å². The van der Waals surface area contributed by atoms with Gasteiger partial charge in [-0.2, -0.15) is 0 Å². The van der Waals surface area contributed by atoms with E-state index in [0.717, 1.165) is 35.0 Å². The molecule has 2 aromatic rings. The molecule has 0 spiro atoms. The molecule has 3 rings (SSSR count). The van der Waals surface area contributed by atoms with Crippen LogP contribution >= 0.6 is 11.3 Å². The molecule has 1 heterocycles. The molecule has 3 nitrogen and oxygen atoms in total. The van der Waals surface area contributed by atoms with Gasteiger partial charge in [-0.3, -0.25) is 0 Å². The van der Waals surface area contributed by atoms with Crippen molar-refractivity contribution in [1.82, 2.24) is 4.98 Å². The molecule has 1 fully saturated rings. The fraction of sp³-hybridized carbons (Fsp3) is 0.526. The highest BCUT2D eigenvalue weighted by Crippen LogP contribution is 2.35. The first-order chi connectivity index (χ1) is 12.1. The zero-order valence-corrected chi connectivity index (χ0v) is 15.4. The lowest BCUT2D eigenvalue weighted by Gasteiger charge is -2.10. The average Bonchev–Trinajstić information content (AvgIpc) is 3.31. The number of aromatic nitrogens is 1. The van der Waals surface area contributed by atoms with Crippen LogP contribution < -0.4 is 4.74 Å². The van der Waals surface area contributed by atoms with Gasteiger partial charge in [-0.25, -0.2) is 13.8 Å². The van der Waals surface area contributed by atoms with Crippen molar-refractivity contribution in [2.45, 2.75) is 46.1 Å². The molecule has 25 heavy (non-hydrogen) atoms. The van der Waals surface area contributed by atoms with Crippen LogP contribution in [0.15, 0.2) is 12.1 Å². The number of halogens is 2. The number of unbranched alkanes of at least 4 members (excludes halogenated alkanes) is 1. The first-order valence-corrected chi connectivity index (χ1v) is 9.56. The standard InChI is InChI=1S/C19H23F2NO2S/c1-3-4-7-24-18-15(20)8-14(9-16(18)21)19-17(22-12(2)25-19)11-23-10-13-5-6-13/h8-9,13H,3-7,10-11H2,1-2H3. The molecule has 0 radical (unpaired) electrons. The Hall–Kier alpha value is -1.53. The summed E-state index contributed by atoms with van der Waals surface area (Å²) in [6.07, 6.45) is 4.11. The number of nitrogens with zero attached hydrogens (tertiary/aromatic N) is 1. The first kappa shape index (κ1) is 18.3. The van der Waals surface area contributed by atoms with Crippen LogP contribution in [0.25, 0.3) is 10.4 Å². The van der Waals surface area contributed by atoms with Gasteiger partial charge in [-0.15, -0.1) is 11.3 Å². The van der Waals surface area contributed by atoms with Crippen molar-refractivity contribution < 1.29 is 18.3 Å². The monoisotopic (exact) mass is 367 g/mol. The van der Waals surface area contributed by atoms with E-state index in [1.165, 1.54) is 36.3 Å². The molecule has 0 amide bonds. The van der Waals surface area contributed by atoms with E-state index in [-0.39, 0.29) is 5.75 Å². The van der Waals surface area contributed by atoms with Crippen molar-refractivity contribution in [1.29, 1.82) is 0 Å². The summed E-state index contributed by atoms with van der Waals surface area (Å²) in [7, 11) is 0. The molecule has 0 bridgehead atoms. The minimum atomic E-state index is -0.679. The summed E-state index contributed by atoms with van der Waals surface area (Å²) in [5, 5.41) is 0.851. The smallest absolute Gasteiger partial charge is 0.190 e. The lowest BCUT2D eigenvalue weighted by molar-refractivity contribution is 0.109. The van der Waals surface area contributed by atoms with Gasteiger partial charge in [0.25, 0.3) is 0 Å². The van der Waals surface area contributed by atoms with Crippen molar-refractivity contribution in [3.05, 3.63) is 34.5 Å². The van der Waals surface area contributed by atoms with Crippen LogP contribution in [0.5, 0.6) is 5.75 Å². The number of rotatable bonds is 9. The summed E-state index contributed by atoms with van der Waals surface area (Å²) in [5.41, 5.74) is 1.22. The second kappa shape index (κ2) is 8.23. The highest BCUT2D eigenvalue weighted by Gasteiger charge is 2.22. The molecule has 1 aliphatic carbocycles. The lowest BCUT2D eigenvalue weighted by atomic mass is 10.1. The van der Waals surface area contributed by atoms with Gasteiger partial charge < -0.3 is 9.47 Å². The second-order valence-electron chi connectivity index (χ2n) is 6.44. The third-order valence-corrected chi connectivity index (χ3v) is 5.16. The SMILES string of the molecule is CCCCOc1c(F)cc(-c2sc(C)nc2COCC2CC2)cc1F. The normalized spacial score (nSPS) is 14.1. The maximum absolute atomic E-state index is 14.3. The van der Waals surface area contributed by atoms with Crippen LogP contribution in [-0.2, 0) is 11.3 Å². The molecule has 1 aliphatic rings. The van der Waals surface area contributed by atoms with Crippen molar-refractivity contribution in [3.63, 3.8) is 0 Å². The largest absolute Gasteiger partial charge is 0.488 e. The average molecular weight is 367 g/mol. The van der Waals surface area contributed by atoms with E-state index < -0.39 is 11.6 Å². The fourth-order valence-corrected chi connectivity index (χ4v) is 3.46. The summed E-state index contributed by atoms with van der Waals surface area (Å²) >= 11 is 1.42. The predicted molar refractivity (Wildman–Crippen MR) is 95.0 cm³/mol. The molecule has 0 aliphatic heterocycles. The van der Waals surface area contributed by atoms with E-state index in [4.69, 9.17) is 9.47 Å². The number of benzene rings is 1. The van der Waals surface area contributed by atoms with Gasteiger partial charge in [0.1, 0.15) is 0 Å². The third kappa shape index (κ3) is 4.76. The molecule has 6 heteroatoms. The van der Waals surface area contributed by atoms with E-state index >= 15 is 0 Å². The van der Waals surface area contributed by atoms with Crippen LogP contribution in [-0.4, -0.2) is 18.2 Å². The number of hydrogen-bond donors (Lipinski definition) is 0. The highest BCUT2D eigenvalue weighted by atomic mass is 32.1. The second-order valence-corrected chi connectivity index (χ2v) is 7.64. The molecular formula is C19H23F2NO2S. The molecule has 136 valence electrons. The minimum absolute atomic E-state index is 0.301. The Morgan fingerprint density at radius 3 is 2.60 bits per heavy atom. The van der Waals surface area contributed by atoms with E-state index in [0.29, 0.717) is 24.7 Å². The van der Waals surface area contributed by atoms with E-state index in [2.05, 4.69) is 4.98 Å². The minimum Gasteiger partial charge on any atom is -0.488 e. The molecule has 0 atom stereocenters. The van der Waals surface area contributed by atoms with E-state index in [1.54, 1.807) is 0 Å². The molecular weight excluding hydrogens is 344 g/mol. The van der Waals surface area contributed by atoms with Crippen molar-refractivity contribution in [3.8, 4) is 16.2 Å². The van der Waals surface area contributed by atoms with Crippen molar-refractivity contribution in [2.24, 2.45) is 5.92 Å². The Bertz CT molecular complexity index is 705. The predicted octanol–water partition coefficient (Wildman–Crippen LogP) is 5.50.